The van der Waals surface area contributed by atoms with Gasteiger partial charge in [-0.25, -0.2) is 0 Å². The Balaban J connectivity index is 1.91. The zero-order chi connectivity index (χ0) is 13.2. The maximum atomic E-state index is 12.4. The quantitative estimate of drug-likeness (QED) is 0.809. The maximum absolute atomic E-state index is 12.4. The molecule has 0 unspecified atom stereocenters. The Morgan fingerprint density at radius 2 is 1.84 bits per heavy atom. The first kappa shape index (κ1) is 12.4. The van der Waals surface area contributed by atoms with E-state index in [9.17, 15) is 4.79 Å². The molecule has 0 N–H and O–H groups in total. The Kier molecular flexibility index (Phi) is 3.38. The second-order valence-corrected chi connectivity index (χ2v) is 6.04. The summed E-state index contributed by atoms with van der Waals surface area (Å²) in [5.41, 5.74) is 2.39. The Morgan fingerprint density at radius 1 is 1.16 bits per heavy atom. The lowest BCUT2D eigenvalue weighted by molar-refractivity contribution is 0.0797. The zero-order valence-corrected chi connectivity index (χ0v) is 11.9. The lowest BCUT2D eigenvalue weighted by atomic mass is 10.1. The Morgan fingerprint density at radius 3 is 2.53 bits per heavy atom. The van der Waals surface area contributed by atoms with Gasteiger partial charge in [0.25, 0.3) is 5.91 Å². The normalized spacial score (nSPS) is 14.9. The molecular formula is C16H17NOS. The van der Waals surface area contributed by atoms with Crippen LogP contribution in [0.4, 0.5) is 0 Å². The number of hydrogen-bond acceptors (Lipinski definition) is 2. The summed E-state index contributed by atoms with van der Waals surface area (Å²) >= 11 is 1.62. The van der Waals surface area contributed by atoms with Crippen LogP contribution < -0.4 is 0 Å². The number of benzene rings is 1. The SMILES string of the molecule is Cc1cc(C(=O)N2CCCC2)sc1-c1ccccc1. The van der Waals surface area contributed by atoms with Gasteiger partial charge in [-0.1, -0.05) is 30.3 Å². The molecule has 19 heavy (non-hydrogen) atoms. The molecule has 1 saturated heterocycles. The van der Waals surface area contributed by atoms with Gasteiger partial charge in [-0.05, 0) is 37.0 Å². The average Bonchev–Trinajstić information content (AvgIpc) is 3.08. The number of rotatable bonds is 2. The summed E-state index contributed by atoms with van der Waals surface area (Å²) in [4.78, 5) is 16.4. The summed E-state index contributed by atoms with van der Waals surface area (Å²) in [7, 11) is 0. The van der Waals surface area contributed by atoms with Crippen molar-refractivity contribution in [3.63, 3.8) is 0 Å². The summed E-state index contributed by atoms with van der Waals surface area (Å²) in [5, 5.41) is 0. The van der Waals surface area contributed by atoms with Crippen molar-refractivity contribution in [2.24, 2.45) is 0 Å². The van der Waals surface area contributed by atoms with E-state index in [4.69, 9.17) is 0 Å². The van der Waals surface area contributed by atoms with E-state index in [1.165, 1.54) is 16.0 Å². The van der Waals surface area contributed by atoms with Crippen LogP contribution in [0.15, 0.2) is 36.4 Å². The van der Waals surface area contributed by atoms with E-state index in [-0.39, 0.29) is 5.91 Å². The molecule has 0 bridgehead atoms. The Bertz CT molecular complexity index is 582. The molecule has 2 nitrogen and oxygen atoms in total. The number of carbonyl (C=O) groups is 1. The fourth-order valence-electron chi connectivity index (χ4n) is 2.54. The van der Waals surface area contributed by atoms with Crippen molar-refractivity contribution in [3.05, 3.63) is 46.8 Å². The molecule has 3 rings (SSSR count). The third-order valence-electron chi connectivity index (χ3n) is 3.56. The fraction of sp³-hybridized carbons (Fsp3) is 0.312. The summed E-state index contributed by atoms with van der Waals surface area (Å²) in [5.74, 6) is 0.202. The zero-order valence-electron chi connectivity index (χ0n) is 11.1. The molecule has 0 saturated carbocycles. The molecule has 1 aliphatic heterocycles. The molecule has 0 aliphatic carbocycles. The molecule has 0 radical (unpaired) electrons. The van der Waals surface area contributed by atoms with Gasteiger partial charge in [-0.2, -0.15) is 0 Å². The van der Waals surface area contributed by atoms with Gasteiger partial charge in [0.1, 0.15) is 0 Å². The van der Waals surface area contributed by atoms with Crippen LogP contribution in [0.5, 0.6) is 0 Å². The van der Waals surface area contributed by atoms with Crippen molar-refractivity contribution >= 4 is 17.2 Å². The molecule has 2 heterocycles. The predicted octanol–water partition coefficient (Wildman–Crippen LogP) is 3.96. The highest BCUT2D eigenvalue weighted by atomic mass is 32.1. The van der Waals surface area contributed by atoms with Crippen LogP contribution in [0.2, 0.25) is 0 Å². The van der Waals surface area contributed by atoms with Gasteiger partial charge in [0.2, 0.25) is 0 Å². The van der Waals surface area contributed by atoms with Crippen molar-refractivity contribution in [2.45, 2.75) is 19.8 Å². The van der Waals surface area contributed by atoms with Gasteiger partial charge in [0, 0.05) is 18.0 Å². The molecule has 0 atom stereocenters. The highest BCUT2D eigenvalue weighted by Gasteiger charge is 2.22. The van der Waals surface area contributed by atoms with Crippen LogP contribution in [-0.4, -0.2) is 23.9 Å². The predicted molar refractivity (Wildman–Crippen MR) is 79.6 cm³/mol. The molecule has 1 aromatic carbocycles. The van der Waals surface area contributed by atoms with Gasteiger partial charge >= 0.3 is 0 Å². The van der Waals surface area contributed by atoms with Crippen molar-refractivity contribution in [1.82, 2.24) is 4.90 Å². The van der Waals surface area contributed by atoms with Crippen LogP contribution >= 0.6 is 11.3 Å². The van der Waals surface area contributed by atoms with Crippen LogP contribution in [-0.2, 0) is 0 Å². The van der Waals surface area contributed by atoms with Crippen LogP contribution in [0.25, 0.3) is 10.4 Å². The Labute approximate surface area is 117 Å². The van der Waals surface area contributed by atoms with Gasteiger partial charge in [0.15, 0.2) is 0 Å². The minimum Gasteiger partial charge on any atom is -0.338 e. The molecule has 1 aliphatic rings. The van der Waals surface area contributed by atoms with E-state index in [2.05, 4.69) is 19.1 Å². The Hall–Kier alpha value is -1.61. The van der Waals surface area contributed by atoms with Crippen LogP contribution in [0.3, 0.4) is 0 Å². The number of likely N-dealkylation sites (tertiary alicyclic amines) is 1. The van der Waals surface area contributed by atoms with E-state index < -0.39 is 0 Å². The lowest BCUT2D eigenvalue weighted by Crippen LogP contribution is -2.26. The summed E-state index contributed by atoms with van der Waals surface area (Å²) in [6, 6.07) is 12.3. The molecule has 1 fully saturated rings. The van der Waals surface area contributed by atoms with Gasteiger partial charge < -0.3 is 4.90 Å². The van der Waals surface area contributed by atoms with Crippen molar-refractivity contribution in [3.8, 4) is 10.4 Å². The number of thiophene rings is 1. The molecule has 1 amide bonds. The summed E-state index contributed by atoms with van der Waals surface area (Å²) in [6.45, 7) is 3.91. The molecule has 3 heteroatoms. The standard InChI is InChI=1S/C16H17NOS/c1-12-11-14(16(18)17-9-5-6-10-17)19-15(12)13-7-3-2-4-8-13/h2-4,7-8,11H,5-6,9-10H2,1H3. The number of aryl methyl sites for hydroxylation is 1. The van der Waals surface area contributed by atoms with E-state index in [0.717, 1.165) is 30.8 Å². The third-order valence-corrected chi connectivity index (χ3v) is 4.83. The maximum Gasteiger partial charge on any atom is 0.263 e. The second kappa shape index (κ2) is 5.17. The minimum absolute atomic E-state index is 0.202. The average molecular weight is 271 g/mol. The van der Waals surface area contributed by atoms with E-state index in [0.29, 0.717) is 0 Å². The highest BCUT2D eigenvalue weighted by molar-refractivity contribution is 7.17. The largest absolute Gasteiger partial charge is 0.338 e. The summed E-state index contributed by atoms with van der Waals surface area (Å²) in [6.07, 6.45) is 2.28. The minimum atomic E-state index is 0.202. The lowest BCUT2D eigenvalue weighted by Gasteiger charge is -2.13. The first-order valence-electron chi connectivity index (χ1n) is 6.71. The monoisotopic (exact) mass is 271 g/mol. The second-order valence-electron chi connectivity index (χ2n) is 4.99. The van der Waals surface area contributed by atoms with Crippen LogP contribution in [0, 0.1) is 6.92 Å². The number of hydrogen-bond donors (Lipinski definition) is 0. The van der Waals surface area contributed by atoms with Gasteiger partial charge in [-0.3, -0.25) is 4.79 Å². The number of nitrogens with zero attached hydrogens (tertiary/aromatic N) is 1. The number of carbonyl (C=O) groups excluding carboxylic acids is 1. The summed E-state index contributed by atoms with van der Waals surface area (Å²) < 4.78 is 0. The molecule has 1 aromatic heterocycles. The van der Waals surface area contributed by atoms with Crippen molar-refractivity contribution in [1.29, 1.82) is 0 Å². The van der Waals surface area contributed by atoms with E-state index >= 15 is 0 Å². The number of amides is 1. The van der Waals surface area contributed by atoms with Crippen molar-refractivity contribution in [2.75, 3.05) is 13.1 Å². The van der Waals surface area contributed by atoms with E-state index in [1.807, 2.05) is 29.2 Å². The first-order valence-corrected chi connectivity index (χ1v) is 7.52. The fourth-order valence-corrected chi connectivity index (χ4v) is 3.69. The topological polar surface area (TPSA) is 20.3 Å². The third kappa shape index (κ3) is 2.43. The first-order chi connectivity index (χ1) is 9.25. The molecule has 0 spiro atoms. The smallest absolute Gasteiger partial charge is 0.263 e. The van der Waals surface area contributed by atoms with Crippen molar-refractivity contribution < 1.29 is 4.79 Å². The molecule has 98 valence electrons. The molecular weight excluding hydrogens is 254 g/mol. The molecule has 2 aromatic rings. The highest BCUT2D eigenvalue weighted by Crippen LogP contribution is 2.33. The van der Waals surface area contributed by atoms with E-state index in [1.54, 1.807) is 11.3 Å². The van der Waals surface area contributed by atoms with Gasteiger partial charge in [-0.15, -0.1) is 11.3 Å². The van der Waals surface area contributed by atoms with Gasteiger partial charge in [0.05, 0.1) is 4.88 Å². The van der Waals surface area contributed by atoms with Crippen LogP contribution in [0.1, 0.15) is 28.1 Å².